The topological polar surface area (TPSA) is 64.9 Å². The van der Waals surface area contributed by atoms with Crippen LogP contribution in [-0.4, -0.2) is 40.5 Å². The predicted octanol–water partition coefficient (Wildman–Crippen LogP) is 1.21. The summed E-state index contributed by atoms with van der Waals surface area (Å²) in [6, 6.07) is 10.4. The third-order valence-corrected chi connectivity index (χ3v) is 3.19. The number of ether oxygens (including phenoxy) is 1. The molecule has 20 heavy (non-hydrogen) atoms. The van der Waals surface area contributed by atoms with Gasteiger partial charge in [-0.2, -0.15) is 0 Å². The first-order valence-electron chi connectivity index (χ1n) is 6.81. The van der Waals surface area contributed by atoms with Crippen LogP contribution in [0.1, 0.15) is 24.2 Å². The maximum absolute atomic E-state index is 4.99. The van der Waals surface area contributed by atoms with Gasteiger partial charge < -0.3 is 10.1 Å². The lowest BCUT2D eigenvalue weighted by Crippen LogP contribution is -2.22. The van der Waals surface area contributed by atoms with E-state index in [4.69, 9.17) is 4.74 Å². The quantitative estimate of drug-likeness (QED) is 0.734. The van der Waals surface area contributed by atoms with Gasteiger partial charge in [-0.15, -0.1) is 5.10 Å². The molecule has 0 aliphatic heterocycles. The number of benzene rings is 1. The lowest BCUT2D eigenvalue weighted by molar-refractivity contribution is 0.198. The molecule has 0 spiro atoms. The van der Waals surface area contributed by atoms with Gasteiger partial charge in [-0.1, -0.05) is 37.3 Å². The molecule has 1 aromatic heterocycles. The molecule has 6 heteroatoms. The van der Waals surface area contributed by atoms with E-state index in [-0.39, 0.29) is 0 Å². The number of hydrogen-bond acceptors (Lipinski definition) is 5. The Kier molecular flexibility index (Phi) is 5.64. The number of aromatic nitrogens is 4. The first kappa shape index (κ1) is 14.6. The van der Waals surface area contributed by atoms with E-state index in [1.165, 1.54) is 5.56 Å². The third kappa shape index (κ3) is 4.11. The maximum Gasteiger partial charge on any atom is 0.165 e. The summed E-state index contributed by atoms with van der Waals surface area (Å²) in [5.41, 5.74) is 1.29. The normalized spacial score (nSPS) is 12.5. The van der Waals surface area contributed by atoms with Crippen LogP contribution in [-0.2, 0) is 17.8 Å². The Labute approximate surface area is 119 Å². The minimum absolute atomic E-state index is 0.373. The summed E-state index contributed by atoms with van der Waals surface area (Å²) in [5, 5.41) is 15.1. The Hall–Kier alpha value is -1.79. The van der Waals surface area contributed by atoms with Crippen molar-refractivity contribution >= 4 is 0 Å². The zero-order chi connectivity index (χ0) is 14.2. The van der Waals surface area contributed by atoms with Crippen LogP contribution in [0.3, 0.4) is 0 Å². The average Bonchev–Trinajstić information content (AvgIpc) is 2.92. The van der Waals surface area contributed by atoms with E-state index in [1.807, 2.05) is 10.7 Å². The van der Waals surface area contributed by atoms with Gasteiger partial charge in [0.25, 0.3) is 0 Å². The molecule has 1 unspecified atom stereocenters. The lowest BCUT2D eigenvalue weighted by Gasteiger charge is -2.12. The molecule has 0 fully saturated rings. The molecular formula is C14H21N5O. The van der Waals surface area contributed by atoms with Gasteiger partial charge in [0.15, 0.2) is 5.82 Å². The highest BCUT2D eigenvalue weighted by atomic mass is 16.5. The summed E-state index contributed by atoms with van der Waals surface area (Å²) in [5.74, 6) is 1.22. The molecule has 2 rings (SSSR count). The Morgan fingerprint density at radius 2 is 2.10 bits per heavy atom. The van der Waals surface area contributed by atoms with E-state index in [9.17, 15) is 0 Å². The first-order chi connectivity index (χ1) is 9.81. The van der Waals surface area contributed by atoms with E-state index in [1.54, 1.807) is 7.11 Å². The molecule has 0 saturated heterocycles. The molecule has 1 heterocycles. The third-order valence-electron chi connectivity index (χ3n) is 3.19. The zero-order valence-electron chi connectivity index (χ0n) is 12.0. The number of hydrogen-bond donors (Lipinski definition) is 1. The fourth-order valence-electron chi connectivity index (χ4n) is 2.01. The average molecular weight is 275 g/mol. The second kappa shape index (κ2) is 7.72. The molecule has 0 amide bonds. The SMILES string of the molecule is COCCNCc1nnnn1CC(C)c1ccccc1. The molecule has 0 bridgehead atoms. The van der Waals surface area contributed by atoms with Crippen molar-refractivity contribution in [3.8, 4) is 0 Å². The van der Waals surface area contributed by atoms with Crippen LogP contribution < -0.4 is 5.32 Å². The molecule has 0 radical (unpaired) electrons. The molecule has 2 aromatic rings. The summed E-state index contributed by atoms with van der Waals surface area (Å²) in [6.45, 7) is 5.08. The number of rotatable bonds is 8. The van der Waals surface area contributed by atoms with Crippen molar-refractivity contribution in [1.29, 1.82) is 0 Å². The molecule has 0 aliphatic carbocycles. The molecule has 108 valence electrons. The second-order valence-corrected chi connectivity index (χ2v) is 4.76. The lowest BCUT2D eigenvalue weighted by atomic mass is 10.0. The molecular weight excluding hydrogens is 254 g/mol. The van der Waals surface area contributed by atoms with Gasteiger partial charge in [0.1, 0.15) is 0 Å². The minimum Gasteiger partial charge on any atom is -0.383 e. The number of methoxy groups -OCH3 is 1. The minimum atomic E-state index is 0.373. The van der Waals surface area contributed by atoms with Gasteiger partial charge in [0.05, 0.1) is 19.7 Å². The standard InChI is InChI=1S/C14H21N5O/c1-12(13-6-4-3-5-7-13)11-19-14(16-17-18-19)10-15-8-9-20-2/h3-7,12,15H,8-11H2,1-2H3. The van der Waals surface area contributed by atoms with Gasteiger partial charge in [0, 0.05) is 19.6 Å². The Morgan fingerprint density at radius 3 is 2.85 bits per heavy atom. The maximum atomic E-state index is 4.99. The van der Waals surface area contributed by atoms with Crippen molar-refractivity contribution in [2.24, 2.45) is 0 Å². The molecule has 1 aromatic carbocycles. The first-order valence-corrected chi connectivity index (χ1v) is 6.81. The van der Waals surface area contributed by atoms with Gasteiger partial charge in [-0.25, -0.2) is 4.68 Å². The zero-order valence-corrected chi connectivity index (χ0v) is 12.0. The van der Waals surface area contributed by atoms with Gasteiger partial charge in [0.2, 0.25) is 0 Å². The highest BCUT2D eigenvalue weighted by Gasteiger charge is 2.11. The fourth-order valence-corrected chi connectivity index (χ4v) is 2.01. The highest BCUT2D eigenvalue weighted by Crippen LogP contribution is 2.16. The number of tetrazole rings is 1. The molecule has 0 aliphatic rings. The smallest absolute Gasteiger partial charge is 0.165 e. The Balaban J connectivity index is 1.91. The van der Waals surface area contributed by atoms with E-state index in [0.29, 0.717) is 19.1 Å². The van der Waals surface area contributed by atoms with Crippen LogP contribution in [0.15, 0.2) is 30.3 Å². The summed E-state index contributed by atoms with van der Waals surface area (Å²) >= 11 is 0. The molecule has 1 atom stereocenters. The molecule has 1 N–H and O–H groups in total. The molecule has 0 saturated carbocycles. The second-order valence-electron chi connectivity index (χ2n) is 4.76. The largest absolute Gasteiger partial charge is 0.383 e. The van der Waals surface area contributed by atoms with Crippen LogP contribution in [0, 0.1) is 0 Å². The van der Waals surface area contributed by atoms with Crippen molar-refractivity contribution < 1.29 is 4.74 Å². The fraction of sp³-hybridized carbons (Fsp3) is 0.500. The Bertz CT molecular complexity index is 499. The van der Waals surface area contributed by atoms with Crippen molar-refractivity contribution in [3.63, 3.8) is 0 Å². The van der Waals surface area contributed by atoms with Crippen molar-refractivity contribution in [2.45, 2.75) is 25.9 Å². The summed E-state index contributed by atoms with van der Waals surface area (Å²) in [6.07, 6.45) is 0. The van der Waals surface area contributed by atoms with E-state index in [0.717, 1.165) is 18.9 Å². The van der Waals surface area contributed by atoms with Gasteiger partial charge in [-0.3, -0.25) is 0 Å². The van der Waals surface area contributed by atoms with Crippen LogP contribution >= 0.6 is 0 Å². The summed E-state index contributed by atoms with van der Waals surface area (Å²) < 4.78 is 6.85. The van der Waals surface area contributed by atoms with E-state index in [2.05, 4.69) is 52.0 Å². The summed E-state index contributed by atoms with van der Waals surface area (Å²) in [4.78, 5) is 0. The van der Waals surface area contributed by atoms with Crippen LogP contribution in [0.2, 0.25) is 0 Å². The van der Waals surface area contributed by atoms with Gasteiger partial charge >= 0.3 is 0 Å². The Morgan fingerprint density at radius 1 is 1.30 bits per heavy atom. The van der Waals surface area contributed by atoms with Crippen molar-refractivity contribution in [3.05, 3.63) is 41.7 Å². The van der Waals surface area contributed by atoms with Crippen molar-refractivity contribution in [2.75, 3.05) is 20.3 Å². The number of nitrogens with one attached hydrogen (secondary N) is 1. The van der Waals surface area contributed by atoms with E-state index < -0.39 is 0 Å². The van der Waals surface area contributed by atoms with Crippen molar-refractivity contribution in [1.82, 2.24) is 25.5 Å². The highest BCUT2D eigenvalue weighted by molar-refractivity contribution is 5.18. The number of nitrogens with zero attached hydrogens (tertiary/aromatic N) is 4. The van der Waals surface area contributed by atoms with Crippen LogP contribution in [0.5, 0.6) is 0 Å². The van der Waals surface area contributed by atoms with Crippen LogP contribution in [0.4, 0.5) is 0 Å². The molecule has 6 nitrogen and oxygen atoms in total. The van der Waals surface area contributed by atoms with E-state index >= 15 is 0 Å². The monoisotopic (exact) mass is 275 g/mol. The predicted molar refractivity (Wildman–Crippen MR) is 76.3 cm³/mol. The summed E-state index contributed by atoms with van der Waals surface area (Å²) in [7, 11) is 1.69. The van der Waals surface area contributed by atoms with Crippen LogP contribution in [0.25, 0.3) is 0 Å². The van der Waals surface area contributed by atoms with Gasteiger partial charge in [-0.05, 0) is 16.0 Å².